The molecule has 3 rings (SSSR count). The molecule has 0 aromatic heterocycles. The summed E-state index contributed by atoms with van der Waals surface area (Å²) in [5.41, 5.74) is 1.34. The van der Waals surface area contributed by atoms with Crippen molar-refractivity contribution in [1.29, 1.82) is 0 Å². The topological polar surface area (TPSA) is 97.2 Å². The van der Waals surface area contributed by atoms with Crippen LogP contribution in [-0.2, 0) is 9.59 Å². The largest absolute Gasteiger partial charge is 0.493 e. The quantitative estimate of drug-likeness (QED) is 0.572. The number of nitrogens with zero attached hydrogens (tertiary/aromatic N) is 1. The zero-order valence-electron chi connectivity index (χ0n) is 14.9. The fourth-order valence-corrected chi connectivity index (χ4v) is 3.90. The molecule has 0 atom stereocenters. The predicted molar refractivity (Wildman–Crippen MR) is 116 cm³/mol. The number of methoxy groups -OCH3 is 1. The van der Waals surface area contributed by atoms with E-state index >= 15 is 0 Å². The highest BCUT2D eigenvalue weighted by molar-refractivity contribution is 9.10. The Hall–Kier alpha value is -2.49. The third-order valence-corrected chi connectivity index (χ3v) is 5.35. The molecular formula is C19H14BrClN2O5S. The van der Waals surface area contributed by atoms with E-state index in [1.54, 1.807) is 42.5 Å². The molecular weight excluding hydrogens is 484 g/mol. The standard InChI is InChI=1S/C19H14BrClN2O5S/c1-27-14-7-10(6-13(20)17(14)28-9-16(24)25)8-15-18(26)23-19(29-15)22-12-4-2-11(21)3-5-12/h2-8H,9H2,1H3,(H,24,25)(H,22,23,26). The Morgan fingerprint density at radius 2 is 2.07 bits per heavy atom. The molecule has 2 aromatic carbocycles. The number of hydrogen-bond donors (Lipinski definition) is 2. The van der Waals surface area contributed by atoms with E-state index in [0.29, 0.717) is 36.6 Å². The van der Waals surface area contributed by atoms with Crippen LogP contribution in [0.2, 0.25) is 5.02 Å². The second kappa shape index (κ2) is 9.34. The third kappa shape index (κ3) is 5.53. The van der Waals surface area contributed by atoms with Crippen LogP contribution in [0.4, 0.5) is 5.69 Å². The number of carboxylic acids is 1. The molecule has 2 aromatic rings. The van der Waals surface area contributed by atoms with Crippen LogP contribution in [0.25, 0.3) is 6.08 Å². The molecule has 150 valence electrons. The molecule has 0 unspecified atom stereocenters. The van der Waals surface area contributed by atoms with Gasteiger partial charge in [-0.05, 0) is 75.7 Å². The van der Waals surface area contributed by atoms with Crippen LogP contribution in [0.1, 0.15) is 5.56 Å². The van der Waals surface area contributed by atoms with E-state index in [9.17, 15) is 9.59 Å². The van der Waals surface area contributed by atoms with Crippen LogP contribution >= 0.6 is 39.3 Å². The molecule has 1 fully saturated rings. The summed E-state index contributed by atoms with van der Waals surface area (Å²) < 4.78 is 11.0. The van der Waals surface area contributed by atoms with E-state index in [2.05, 4.69) is 26.2 Å². The molecule has 0 radical (unpaired) electrons. The summed E-state index contributed by atoms with van der Waals surface area (Å²) in [6.45, 7) is -0.502. The molecule has 7 nitrogen and oxygen atoms in total. The summed E-state index contributed by atoms with van der Waals surface area (Å²) in [7, 11) is 1.44. The van der Waals surface area contributed by atoms with Gasteiger partial charge in [-0.25, -0.2) is 9.79 Å². The third-order valence-electron chi connectivity index (χ3n) is 3.60. The van der Waals surface area contributed by atoms with Gasteiger partial charge in [0.15, 0.2) is 23.3 Å². The molecule has 10 heteroatoms. The maximum absolute atomic E-state index is 12.3. The normalized spacial score (nSPS) is 16.2. The van der Waals surface area contributed by atoms with Crippen molar-refractivity contribution in [2.24, 2.45) is 4.99 Å². The van der Waals surface area contributed by atoms with Crippen molar-refractivity contribution in [2.75, 3.05) is 13.7 Å². The van der Waals surface area contributed by atoms with E-state index in [-0.39, 0.29) is 11.7 Å². The lowest BCUT2D eigenvalue weighted by molar-refractivity contribution is -0.139. The number of ether oxygens (including phenoxy) is 2. The second-order valence-electron chi connectivity index (χ2n) is 5.67. The first-order valence-electron chi connectivity index (χ1n) is 8.13. The summed E-state index contributed by atoms with van der Waals surface area (Å²) in [6, 6.07) is 10.3. The van der Waals surface area contributed by atoms with Gasteiger partial charge in [0.25, 0.3) is 5.91 Å². The van der Waals surface area contributed by atoms with Gasteiger partial charge >= 0.3 is 5.97 Å². The van der Waals surface area contributed by atoms with Crippen molar-refractivity contribution in [3.05, 3.63) is 56.4 Å². The van der Waals surface area contributed by atoms with Crippen LogP contribution in [-0.4, -0.2) is 35.9 Å². The molecule has 2 N–H and O–H groups in total. The average molecular weight is 498 g/mol. The Morgan fingerprint density at radius 3 is 2.72 bits per heavy atom. The number of carboxylic acid groups (broad SMARTS) is 1. The number of aliphatic carboxylic acids is 1. The van der Waals surface area contributed by atoms with Crippen molar-refractivity contribution in [3.8, 4) is 11.5 Å². The van der Waals surface area contributed by atoms with Gasteiger partial charge in [-0.3, -0.25) is 4.79 Å². The SMILES string of the molecule is COc1cc(C=C2SC(=Nc3ccc(Cl)cc3)NC2=O)cc(Br)c1OCC(=O)O. The smallest absolute Gasteiger partial charge is 0.341 e. The molecule has 0 aliphatic carbocycles. The molecule has 1 aliphatic heterocycles. The van der Waals surface area contributed by atoms with Gasteiger partial charge in [-0.1, -0.05) is 11.6 Å². The molecule has 1 amide bonds. The minimum atomic E-state index is -1.10. The number of amidine groups is 1. The highest BCUT2D eigenvalue weighted by atomic mass is 79.9. The average Bonchev–Trinajstić information content (AvgIpc) is 3.01. The number of nitrogens with one attached hydrogen (secondary N) is 1. The number of rotatable bonds is 6. The Balaban J connectivity index is 1.84. The van der Waals surface area contributed by atoms with Crippen molar-refractivity contribution in [2.45, 2.75) is 0 Å². The summed E-state index contributed by atoms with van der Waals surface area (Å²) >= 11 is 10.4. The van der Waals surface area contributed by atoms with Gasteiger partial charge in [-0.2, -0.15) is 0 Å². The molecule has 1 heterocycles. The monoisotopic (exact) mass is 496 g/mol. The lowest BCUT2D eigenvalue weighted by atomic mass is 10.2. The summed E-state index contributed by atoms with van der Waals surface area (Å²) in [6.07, 6.45) is 1.68. The van der Waals surface area contributed by atoms with Crippen LogP contribution in [0.5, 0.6) is 11.5 Å². The fourth-order valence-electron chi connectivity index (χ4n) is 2.36. The Kier molecular flexibility index (Phi) is 6.83. The summed E-state index contributed by atoms with van der Waals surface area (Å²) in [5.74, 6) is -0.766. The van der Waals surface area contributed by atoms with Crippen molar-refractivity contribution < 1.29 is 24.2 Å². The highest BCUT2D eigenvalue weighted by Gasteiger charge is 2.24. The van der Waals surface area contributed by atoms with Gasteiger partial charge in [0.05, 0.1) is 22.2 Å². The highest BCUT2D eigenvalue weighted by Crippen LogP contribution is 2.38. The van der Waals surface area contributed by atoms with Crippen molar-refractivity contribution in [3.63, 3.8) is 0 Å². The number of halogens is 2. The summed E-state index contributed by atoms with van der Waals surface area (Å²) in [4.78, 5) is 27.9. The number of hydrogen-bond acceptors (Lipinski definition) is 6. The minimum absolute atomic E-state index is 0.269. The predicted octanol–water partition coefficient (Wildman–Crippen LogP) is 4.47. The Labute approximate surface area is 183 Å². The molecule has 0 saturated carbocycles. The van der Waals surface area contributed by atoms with E-state index in [1.807, 2.05) is 0 Å². The van der Waals surface area contributed by atoms with Gasteiger partial charge in [0, 0.05) is 5.02 Å². The first-order chi connectivity index (χ1) is 13.9. The number of benzene rings is 2. The fraction of sp³-hybridized carbons (Fsp3) is 0.105. The zero-order valence-corrected chi connectivity index (χ0v) is 18.1. The Morgan fingerprint density at radius 1 is 1.34 bits per heavy atom. The number of carbonyl (C=O) groups is 2. The van der Waals surface area contributed by atoms with Crippen LogP contribution in [0.3, 0.4) is 0 Å². The van der Waals surface area contributed by atoms with Gasteiger partial charge in [0.2, 0.25) is 0 Å². The second-order valence-corrected chi connectivity index (χ2v) is 8.00. The number of amides is 1. The zero-order chi connectivity index (χ0) is 21.0. The minimum Gasteiger partial charge on any atom is -0.493 e. The van der Waals surface area contributed by atoms with Crippen LogP contribution in [0, 0.1) is 0 Å². The van der Waals surface area contributed by atoms with E-state index in [0.717, 1.165) is 0 Å². The number of aliphatic imine (C=N–C) groups is 1. The first kappa shape index (κ1) is 21.2. The van der Waals surface area contributed by atoms with E-state index < -0.39 is 12.6 Å². The first-order valence-corrected chi connectivity index (χ1v) is 10.1. The molecule has 0 spiro atoms. The van der Waals surface area contributed by atoms with Crippen molar-refractivity contribution >= 4 is 68.1 Å². The maximum atomic E-state index is 12.3. The van der Waals surface area contributed by atoms with Gasteiger partial charge in [0.1, 0.15) is 0 Å². The van der Waals surface area contributed by atoms with E-state index in [1.165, 1.54) is 18.9 Å². The van der Waals surface area contributed by atoms with Gasteiger partial charge in [-0.15, -0.1) is 0 Å². The van der Waals surface area contributed by atoms with Crippen molar-refractivity contribution in [1.82, 2.24) is 5.32 Å². The number of carbonyl (C=O) groups excluding carboxylic acids is 1. The Bertz CT molecular complexity index is 1020. The van der Waals surface area contributed by atoms with Crippen LogP contribution in [0.15, 0.2) is 50.8 Å². The van der Waals surface area contributed by atoms with E-state index in [4.69, 9.17) is 26.2 Å². The number of thioether (sulfide) groups is 1. The van der Waals surface area contributed by atoms with Crippen LogP contribution < -0.4 is 14.8 Å². The van der Waals surface area contributed by atoms with Gasteiger partial charge < -0.3 is 19.9 Å². The lowest BCUT2D eigenvalue weighted by Gasteiger charge is -2.12. The lowest BCUT2D eigenvalue weighted by Crippen LogP contribution is -2.19. The molecule has 0 bridgehead atoms. The molecule has 29 heavy (non-hydrogen) atoms. The maximum Gasteiger partial charge on any atom is 0.341 e. The summed E-state index contributed by atoms with van der Waals surface area (Å²) in [5, 5.41) is 12.6. The molecule has 1 saturated heterocycles. The molecule has 1 aliphatic rings.